The minimum Gasteiger partial charge on any atom is -0.456 e. The lowest BCUT2D eigenvalue weighted by Gasteiger charge is -2.16. The van der Waals surface area contributed by atoms with Crippen molar-refractivity contribution < 1.29 is 4.42 Å². The number of aromatic nitrogens is 2. The summed E-state index contributed by atoms with van der Waals surface area (Å²) in [4.78, 5) is 8.73. The third-order valence-corrected chi connectivity index (χ3v) is 7.50. The summed E-state index contributed by atoms with van der Waals surface area (Å²) in [6, 6.07) is 42.2. The Kier molecular flexibility index (Phi) is 4.52. The number of para-hydroxylation sites is 2. The van der Waals surface area contributed by atoms with Crippen LogP contribution >= 0.6 is 0 Å². The Labute approximate surface area is 219 Å². The van der Waals surface area contributed by atoms with Gasteiger partial charge in [-0.15, -0.1) is 0 Å². The maximum absolute atomic E-state index is 6.30. The van der Waals surface area contributed by atoms with E-state index in [0.29, 0.717) is 0 Å². The molecule has 0 aliphatic carbocycles. The average Bonchev–Trinajstić information content (AvgIpc) is 3.56. The summed E-state index contributed by atoms with van der Waals surface area (Å²) in [7, 11) is 0. The molecule has 3 aromatic heterocycles. The molecule has 0 unspecified atom stereocenters. The number of nitrogens with one attached hydrogen (secondary N) is 1. The largest absolute Gasteiger partial charge is 0.456 e. The minimum absolute atomic E-state index is 0.882. The van der Waals surface area contributed by atoms with Gasteiger partial charge in [-0.2, -0.15) is 0 Å². The van der Waals surface area contributed by atoms with Crippen molar-refractivity contribution in [3.63, 3.8) is 0 Å². The lowest BCUT2D eigenvalue weighted by Crippen LogP contribution is -1.93. The van der Waals surface area contributed by atoms with Crippen LogP contribution in [0.25, 0.3) is 77.3 Å². The summed E-state index contributed by atoms with van der Waals surface area (Å²) in [6.45, 7) is 0. The zero-order chi connectivity index (χ0) is 25.1. The van der Waals surface area contributed by atoms with Gasteiger partial charge in [-0.05, 0) is 35.4 Å². The fraction of sp³-hybridized carbons (Fsp3) is 0. The number of furan rings is 1. The molecule has 0 atom stereocenters. The lowest BCUT2D eigenvalue weighted by atomic mass is 9.89. The molecule has 8 rings (SSSR count). The topological polar surface area (TPSA) is 41.8 Å². The SMILES string of the molecule is c1ccc(-c2cccnc2-c2ccc3c([nH]c4ccccc43)c2-c2cccc3oc4ccccc4c23)cc1. The van der Waals surface area contributed by atoms with Gasteiger partial charge in [0.15, 0.2) is 0 Å². The van der Waals surface area contributed by atoms with Crippen LogP contribution in [0.2, 0.25) is 0 Å². The summed E-state index contributed by atoms with van der Waals surface area (Å²) in [5, 5.41) is 4.64. The van der Waals surface area contributed by atoms with E-state index in [1.807, 2.05) is 30.5 Å². The van der Waals surface area contributed by atoms with Crippen LogP contribution in [0.5, 0.6) is 0 Å². The van der Waals surface area contributed by atoms with Crippen molar-refractivity contribution in [1.82, 2.24) is 9.97 Å². The predicted molar refractivity (Wildman–Crippen MR) is 157 cm³/mol. The maximum atomic E-state index is 6.30. The first-order valence-electron chi connectivity index (χ1n) is 12.8. The lowest BCUT2D eigenvalue weighted by molar-refractivity contribution is 0.669. The van der Waals surface area contributed by atoms with E-state index in [0.717, 1.165) is 66.5 Å². The second kappa shape index (κ2) is 8.19. The Balaban J connectivity index is 1.55. The molecule has 0 aliphatic rings. The molecule has 0 radical (unpaired) electrons. The number of hydrogen-bond acceptors (Lipinski definition) is 2. The number of hydrogen-bond donors (Lipinski definition) is 1. The summed E-state index contributed by atoms with van der Waals surface area (Å²) in [5.74, 6) is 0. The summed E-state index contributed by atoms with van der Waals surface area (Å²) in [6.07, 6.45) is 1.88. The summed E-state index contributed by atoms with van der Waals surface area (Å²) in [5.41, 5.74) is 10.5. The Morgan fingerprint density at radius 3 is 2.21 bits per heavy atom. The van der Waals surface area contributed by atoms with Crippen LogP contribution < -0.4 is 0 Å². The van der Waals surface area contributed by atoms with Gasteiger partial charge in [0.25, 0.3) is 0 Å². The summed E-state index contributed by atoms with van der Waals surface area (Å²) >= 11 is 0. The van der Waals surface area contributed by atoms with Crippen LogP contribution in [0, 0.1) is 0 Å². The van der Waals surface area contributed by atoms with Crippen molar-refractivity contribution in [3.8, 4) is 33.5 Å². The fourth-order valence-corrected chi connectivity index (χ4v) is 5.85. The quantitative estimate of drug-likeness (QED) is 0.270. The highest BCUT2D eigenvalue weighted by Gasteiger charge is 2.22. The number of benzene rings is 5. The number of nitrogens with zero attached hydrogens (tertiary/aromatic N) is 1. The van der Waals surface area contributed by atoms with Crippen molar-refractivity contribution in [1.29, 1.82) is 0 Å². The molecule has 38 heavy (non-hydrogen) atoms. The Morgan fingerprint density at radius 2 is 1.29 bits per heavy atom. The van der Waals surface area contributed by atoms with Crippen molar-refractivity contribution in [3.05, 3.63) is 128 Å². The maximum Gasteiger partial charge on any atom is 0.136 e. The number of rotatable bonds is 3. The van der Waals surface area contributed by atoms with E-state index in [9.17, 15) is 0 Å². The molecule has 5 aromatic carbocycles. The van der Waals surface area contributed by atoms with E-state index >= 15 is 0 Å². The van der Waals surface area contributed by atoms with Crippen molar-refractivity contribution >= 4 is 43.7 Å². The first-order chi connectivity index (χ1) is 18.9. The molecule has 0 bridgehead atoms. The first kappa shape index (κ1) is 21.0. The molecular formula is C35H22N2O. The van der Waals surface area contributed by atoms with Gasteiger partial charge in [-0.25, -0.2) is 0 Å². The Morgan fingerprint density at radius 1 is 0.526 bits per heavy atom. The Hall–Kier alpha value is -5.15. The van der Waals surface area contributed by atoms with Crippen LogP contribution in [0.3, 0.4) is 0 Å². The predicted octanol–water partition coefficient (Wildman–Crippen LogP) is 9.62. The van der Waals surface area contributed by atoms with Crippen LogP contribution in [0.15, 0.2) is 132 Å². The molecule has 0 fully saturated rings. The Bertz CT molecular complexity index is 2130. The van der Waals surface area contributed by atoms with Gasteiger partial charge < -0.3 is 9.40 Å². The molecule has 8 aromatic rings. The number of aromatic amines is 1. The van der Waals surface area contributed by atoms with Crippen molar-refractivity contribution in [2.45, 2.75) is 0 Å². The molecule has 3 heterocycles. The second-order valence-corrected chi connectivity index (χ2v) is 9.62. The second-order valence-electron chi connectivity index (χ2n) is 9.62. The minimum atomic E-state index is 0.882. The van der Waals surface area contributed by atoms with Gasteiger partial charge in [-0.1, -0.05) is 97.1 Å². The highest BCUT2D eigenvalue weighted by molar-refractivity contribution is 6.20. The molecule has 3 nitrogen and oxygen atoms in total. The monoisotopic (exact) mass is 486 g/mol. The molecule has 178 valence electrons. The van der Waals surface area contributed by atoms with Crippen LogP contribution in [-0.4, -0.2) is 9.97 Å². The van der Waals surface area contributed by atoms with Crippen molar-refractivity contribution in [2.75, 3.05) is 0 Å². The zero-order valence-corrected chi connectivity index (χ0v) is 20.5. The number of fused-ring (bicyclic) bond motifs is 6. The standard InChI is InChI=1S/C35H22N2O/c1-2-10-22(11-3-1)23-15-9-21-36-34(23)28-20-19-25-24-12-4-6-16-29(24)37-35(25)33(28)27-14-8-18-31-32(27)26-13-5-7-17-30(26)38-31/h1-21,37H. The highest BCUT2D eigenvalue weighted by atomic mass is 16.3. The number of pyridine rings is 1. The normalized spacial score (nSPS) is 11.7. The number of H-pyrrole nitrogens is 1. The van der Waals surface area contributed by atoms with Gasteiger partial charge in [0.1, 0.15) is 11.2 Å². The molecule has 3 heteroatoms. The molecular weight excluding hydrogens is 464 g/mol. The average molecular weight is 487 g/mol. The molecule has 0 amide bonds. The van der Waals surface area contributed by atoms with Gasteiger partial charge >= 0.3 is 0 Å². The smallest absolute Gasteiger partial charge is 0.136 e. The molecule has 1 N–H and O–H groups in total. The van der Waals surface area contributed by atoms with E-state index in [1.54, 1.807) is 0 Å². The molecule has 0 saturated heterocycles. The molecule has 0 saturated carbocycles. The first-order valence-corrected chi connectivity index (χ1v) is 12.8. The zero-order valence-electron chi connectivity index (χ0n) is 20.5. The highest BCUT2D eigenvalue weighted by Crippen LogP contribution is 2.46. The van der Waals surface area contributed by atoms with E-state index in [4.69, 9.17) is 9.40 Å². The fourth-order valence-electron chi connectivity index (χ4n) is 5.85. The van der Waals surface area contributed by atoms with E-state index in [2.05, 4.69) is 102 Å². The van der Waals surface area contributed by atoms with Gasteiger partial charge in [-0.3, -0.25) is 4.98 Å². The van der Waals surface area contributed by atoms with Crippen LogP contribution in [-0.2, 0) is 0 Å². The van der Waals surface area contributed by atoms with Gasteiger partial charge in [0, 0.05) is 49.9 Å². The third-order valence-electron chi connectivity index (χ3n) is 7.50. The van der Waals surface area contributed by atoms with Crippen LogP contribution in [0.4, 0.5) is 0 Å². The summed E-state index contributed by atoms with van der Waals surface area (Å²) < 4.78 is 6.30. The third kappa shape index (κ3) is 3.06. The molecule has 0 spiro atoms. The van der Waals surface area contributed by atoms with E-state index in [-0.39, 0.29) is 0 Å². The van der Waals surface area contributed by atoms with E-state index in [1.165, 1.54) is 10.8 Å². The van der Waals surface area contributed by atoms with Crippen molar-refractivity contribution in [2.24, 2.45) is 0 Å². The van der Waals surface area contributed by atoms with Gasteiger partial charge in [0.2, 0.25) is 0 Å². The molecule has 0 aliphatic heterocycles. The van der Waals surface area contributed by atoms with Crippen LogP contribution in [0.1, 0.15) is 0 Å². The van der Waals surface area contributed by atoms with Gasteiger partial charge in [0.05, 0.1) is 11.2 Å². The van der Waals surface area contributed by atoms with E-state index < -0.39 is 0 Å².